The number of fused-ring (bicyclic) bond motifs is 2. The summed E-state index contributed by atoms with van der Waals surface area (Å²) < 4.78 is 6.11. The smallest absolute Gasteiger partial charge is 0.269 e. The fourth-order valence-electron chi connectivity index (χ4n) is 2.97. The number of nitro benzene ring substituents is 1. The number of hydrogen-bond donors (Lipinski definition) is 3. The van der Waals surface area contributed by atoms with Gasteiger partial charge in [0.1, 0.15) is 11.0 Å². The summed E-state index contributed by atoms with van der Waals surface area (Å²) >= 11 is 16.5. The second-order valence-electron chi connectivity index (χ2n) is 5.63. The Morgan fingerprint density at radius 3 is 2.33 bits per heavy atom. The van der Waals surface area contributed by atoms with E-state index in [1.165, 1.54) is 12.1 Å². The third kappa shape index (κ3) is 2.95. The minimum Gasteiger partial charge on any atom is -0.424 e. The van der Waals surface area contributed by atoms with Crippen molar-refractivity contribution in [2.45, 2.75) is 5.92 Å². The minimum absolute atomic E-state index is 0.0403. The van der Waals surface area contributed by atoms with Crippen molar-refractivity contribution in [3.05, 3.63) is 65.8 Å². The van der Waals surface area contributed by atoms with Crippen LogP contribution in [0.3, 0.4) is 0 Å². The lowest BCUT2D eigenvalue weighted by atomic mass is 9.85. The highest BCUT2D eigenvalue weighted by atomic mass is 35.5. The van der Waals surface area contributed by atoms with E-state index in [0.29, 0.717) is 16.7 Å². The van der Waals surface area contributed by atoms with E-state index < -0.39 is 10.8 Å². The molecule has 0 bridgehead atoms. The normalized spacial score (nSPS) is 14.8. The molecule has 0 aliphatic carbocycles. The molecule has 0 spiro atoms. The summed E-state index contributed by atoms with van der Waals surface area (Å²) in [5.41, 5.74) is 7.74. The molecule has 1 unspecified atom stereocenters. The van der Waals surface area contributed by atoms with E-state index in [2.05, 4.69) is 19.9 Å². The number of nitrogens with two attached hydrogens (primary N) is 1. The summed E-state index contributed by atoms with van der Waals surface area (Å²) in [4.78, 5) is 24.3. The van der Waals surface area contributed by atoms with Gasteiger partial charge in [0.2, 0.25) is 21.3 Å². The number of nitro groups is 1. The molecule has 1 aliphatic rings. The summed E-state index contributed by atoms with van der Waals surface area (Å²) in [6.45, 7) is 0. The van der Waals surface area contributed by atoms with Crippen LogP contribution in [-0.2, 0) is 0 Å². The van der Waals surface area contributed by atoms with Gasteiger partial charge < -0.3 is 20.4 Å². The van der Waals surface area contributed by atoms with Crippen LogP contribution in [0.25, 0.3) is 0 Å². The Bertz CT molecular complexity index is 1140. The van der Waals surface area contributed by atoms with Crippen molar-refractivity contribution >= 4 is 47.5 Å². The second-order valence-corrected chi connectivity index (χ2v) is 6.76. The third-order valence-electron chi connectivity index (χ3n) is 4.07. The SMILES string of the molecule is Nc1nc(=S)[nH]c2c1C(c1ccc([N+](=O)[O-])cc1)c1c(Cl)nc(=S)[nH]c1O2. The maximum atomic E-state index is 11.0. The number of nitrogen functional groups attached to an aromatic ring is 1. The van der Waals surface area contributed by atoms with Crippen LogP contribution >= 0.6 is 36.0 Å². The van der Waals surface area contributed by atoms with Gasteiger partial charge in [0.15, 0.2) is 0 Å². The number of H-pyrrole nitrogens is 2. The Balaban J connectivity index is 2.02. The molecule has 0 amide bonds. The number of halogens is 1. The van der Waals surface area contributed by atoms with E-state index in [9.17, 15) is 10.1 Å². The van der Waals surface area contributed by atoms with Gasteiger partial charge in [-0.25, -0.2) is 9.97 Å². The van der Waals surface area contributed by atoms with E-state index in [1.807, 2.05) is 0 Å². The number of anilines is 1. The van der Waals surface area contributed by atoms with Crippen molar-refractivity contribution in [2.75, 3.05) is 5.73 Å². The van der Waals surface area contributed by atoms with Crippen LogP contribution in [0.5, 0.6) is 11.8 Å². The molecule has 1 aromatic carbocycles. The molecule has 9 nitrogen and oxygen atoms in total. The number of ether oxygens (including phenoxy) is 1. The molecule has 136 valence electrons. The topological polar surface area (TPSA) is 136 Å². The Morgan fingerprint density at radius 2 is 1.70 bits per heavy atom. The van der Waals surface area contributed by atoms with Crippen LogP contribution in [0.1, 0.15) is 22.6 Å². The molecule has 0 fully saturated rings. The van der Waals surface area contributed by atoms with Gasteiger partial charge in [0.25, 0.3) is 5.69 Å². The molecule has 0 radical (unpaired) electrons. The number of hydrogen-bond acceptors (Lipinski definition) is 8. The first-order valence-corrected chi connectivity index (χ1v) is 8.66. The quantitative estimate of drug-likeness (QED) is 0.191. The first-order chi connectivity index (χ1) is 12.8. The largest absolute Gasteiger partial charge is 0.424 e. The summed E-state index contributed by atoms with van der Waals surface area (Å²) in [7, 11) is 0. The molecular formula is C15H9ClN6O3S2. The van der Waals surface area contributed by atoms with Crippen molar-refractivity contribution in [3.63, 3.8) is 0 Å². The maximum absolute atomic E-state index is 11.0. The van der Waals surface area contributed by atoms with Crippen LogP contribution in [0, 0.1) is 19.7 Å². The molecule has 4 N–H and O–H groups in total. The maximum Gasteiger partial charge on any atom is 0.269 e. The van der Waals surface area contributed by atoms with Crippen LogP contribution in [-0.4, -0.2) is 24.9 Å². The van der Waals surface area contributed by atoms with Gasteiger partial charge in [0, 0.05) is 12.1 Å². The summed E-state index contributed by atoms with van der Waals surface area (Å²) in [5, 5.41) is 11.1. The molecular weight excluding hydrogens is 412 g/mol. The Morgan fingerprint density at radius 1 is 1.11 bits per heavy atom. The molecule has 0 saturated heterocycles. The number of non-ortho nitro benzene ring substituents is 1. The number of rotatable bonds is 2. The monoisotopic (exact) mass is 420 g/mol. The Labute approximate surface area is 166 Å². The molecule has 3 heterocycles. The van der Waals surface area contributed by atoms with E-state index in [1.54, 1.807) is 12.1 Å². The molecule has 2 aromatic heterocycles. The van der Waals surface area contributed by atoms with Gasteiger partial charge in [-0.1, -0.05) is 23.7 Å². The number of benzene rings is 1. The Kier molecular flexibility index (Phi) is 4.13. The molecule has 4 rings (SSSR count). The highest BCUT2D eigenvalue weighted by Crippen LogP contribution is 2.49. The van der Waals surface area contributed by atoms with E-state index in [4.69, 9.17) is 46.5 Å². The molecule has 12 heteroatoms. The van der Waals surface area contributed by atoms with Gasteiger partial charge in [-0.05, 0) is 30.0 Å². The number of nitrogens with zero attached hydrogens (tertiary/aromatic N) is 3. The van der Waals surface area contributed by atoms with Crippen LogP contribution < -0.4 is 10.5 Å². The van der Waals surface area contributed by atoms with Crippen LogP contribution in [0.4, 0.5) is 11.5 Å². The van der Waals surface area contributed by atoms with Crippen molar-refractivity contribution in [1.29, 1.82) is 0 Å². The predicted molar refractivity (Wildman–Crippen MR) is 102 cm³/mol. The third-order valence-corrected chi connectivity index (χ3v) is 4.74. The molecule has 27 heavy (non-hydrogen) atoms. The van der Waals surface area contributed by atoms with E-state index in [-0.39, 0.29) is 38.0 Å². The summed E-state index contributed by atoms with van der Waals surface area (Å²) in [6.07, 6.45) is 0. The number of aromatic nitrogens is 4. The lowest BCUT2D eigenvalue weighted by Gasteiger charge is -2.28. The predicted octanol–water partition coefficient (Wildman–Crippen LogP) is 4.02. The zero-order valence-corrected chi connectivity index (χ0v) is 15.6. The lowest BCUT2D eigenvalue weighted by Crippen LogP contribution is -2.18. The molecule has 1 aliphatic heterocycles. The molecule has 0 saturated carbocycles. The molecule has 3 aromatic rings. The fourth-order valence-corrected chi connectivity index (χ4v) is 3.68. The standard InChI is InChI=1S/C15H9ClN6O3S2/c16-10-8-7(5-1-3-6(4-2-5)22(23)24)9-11(17)19-15(27)21-13(9)25-12(8)20-14(26)18-10/h1-4,7H,(H,18,20,26)(H3,17,19,21,27). The minimum atomic E-state index is -0.546. The van der Waals surface area contributed by atoms with Gasteiger partial charge in [-0.3, -0.25) is 10.1 Å². The van der Waals surface area contributed by atoms with Gasteiger partial charge >= 0.3 is 0 Å². The highest BCUT2D eigenvalue weighted by molar-refractivity contribution is 7.71. The fraction of sp³-hybridized carbons (Fsp3) is 0.0667. The zero-order chi connectivity index (χ0) is 19.3. The van der Waals surface area contributed by atoms with Crippen molar-refractivity contribution in [2.24, 2.45) is 0 Å². The zero-order valence-electron chi connectivity index (χ0n) is 13.2. The lowest BCUT2D eigenvalue weighted by molar-refractivity contribution is -0.384. The number of nitrogens with one attached hydrogen (secondary N) is 2. The first kappa shape index (κ1) is 17.5. The first-order valence-electron chi connectivity index (χ1n) is 7.46. The molecule has 1 atom stereocenters. The summed E-state index contributed by atoms with van der Waals surface area (Å²) in [6, 6.07) is 6.01. The van der Waals surface area contributed by atoms with Gasteiger partial charge in [-0.2, -0.15) is 0 Å². The van der Waals surface area contributed by atoms with Crippen LogP contribution in [0.15, 0.2) is 24.3 Å². The average molecular weight is 421 g/mol. The number of aromatic amines is 2. The van der Waals surface area contributed by atoms with E-state index >= 15 is 0 Å². The Hall–Kier alpha value is -2.89. The van der Waals surface area contributed by atoms with Crippen molar-refractivity contribution < 1.29 is 9.66 Å². The van der Waals surface area contributed by atoms with Crippen molar-refractivity contribution in [3.8, 4) is 11.8 Å². The highest BCUT2D eigenvalue weighted by Gasteiger charge is 2.35. The van der Waals surface area contributed by atoms with Crippen LogP contribution in [0.2, 0.25) is 5.15 Å². The second kappa shape index (κ2) is 6.37. The van der Waals surface area contributed by atoms with E-state index in [0.717, 1.165) is 0 Å². The average Bonchev–Trinajstić information content (AvgIpc) is 2.59. The van der Waals surface area contributed by atoms with Gasteiger partial charge in [0.05, 0.1) is 22.0 Å². The van der Waals surface area contributed by atoms with Crippen molar-refractivity contribution in [1.82, 2.24) is 19.9 Å². The van der Waals surface area contributed by atoms with Gasteiger partial charge in [-0.15, -0.1) is 0 Å². The summed E-state index contributed by atoms with van der Waals surface area (Å²) in [5.74, 6) is 0.181.